The summed E-state index contributed by atoms with van der Waals surface area (Å²) in [5.41, 5.74) is 2.29. The van der Waals surface area contributed by atoms with Crippen molar-refractivity contribution in [1.29, 1.82) is 0 Å². The lowest BCUT2D eigenvalue weighted by Gasteiger charge is -2.32. The summed E-state index contributed by atoms with van der Waals surface area (Å²) in [7, 11) is 0. The van der Waals surface area contributed by atoms with Crippen LogP contribution in [0.2, 0.25) is 0 Å². The molecule has 0 saturated carbocycles. The quantitative estimate of drug-likeness (QED) is 0.941. The fraction of sp³-hybridized carbons (Fsp3) is 0.500. The first-order valence-electron chi connectivity index (χ1n) is 7.72. The van der Waals surface area contributed by atoms with E-state index in [2.05, 4.69) is 26.6 Å². The Morgan fingerprint density at radius 3 is 3.36 bits per heavy atom. The van der Waals surface area contributed by atoms with E-state index >= 15 is 0 Å². The number of alkyl carbamates (subject to hydrolysis) is 1. The van der Waals surface area contributed by atoms with Crippen LogP contribution < -0.4 is 5.32 Å². The number of likely N-dealkylation sites (tertiary alicyclic amines) is 1. The largest absolute Gasteiger partial charge is 0.450 e. The van der Waals surface area contributed by atoms with Crippen LogP contribution in [0.25, 0.3) is 10.2 Å². The van der Waals surface area contributed by atoms with Crippen molar-refractivity contribution in [3.8, 4) is 0 Å². The Morgan fingerprint density at radius 1 is 1.59 bits per heavy atom. The second-order valence-corrected chi connectivity index (χ2v) is 6.53. The molecule has 118 valence electrons. The molecular formula is C16H21N3O2S. The lowest BCUT2D eigenvalue weighted by Crippen LogP contribution is -2.47. The zero-order valence-corrected chi connectivity index (χ0v) is 13.6. The van der Waals surface area contributed by atoms with E-state index in [9.17, 15) is 4.79 Å². The van der Waals surface area contributed by atoms with Gasteiger partial charge in [-0.2, -0.15) is 0 Å². The zero-order valence-electron chi connectivity index (χ0n) is 12.7. The molecule has 1 unspecified atom stereocenters. The molecule has 1 saturated heterocycles. The van der Waals surface area contributed by atoms with E-state index in [1.807, 2.05) is 19.2 Å². The average molecular weight is 319 g/mol. The third-order valence-corrected chi connectivity index (χ3v) is 4.72. The van der Waals surface area contributed by atoms with E-state index < -0.39 is 0 Å². The number of pyridine rings is 1. The van der Waals surface area contributed by atoms with E-state index in [1.54, 1.807) is 11.3 Å². The van der Waals surface area contributed by atoms with Crippen LogP contribution in [0, 0.1) is 0 Å². The predicted molar refractivity (Wildman–Crippen MR) is 88.1 cm³/mol. The Bertz CT molecular complexity index is 643. The first kappa shape index (κ1) is 15.2. The second-order valence-electron chi connectivity index (χ2n) is 5.59. The molecule has 1 N–H and O–H groups in total. The minimum atomic E-state index is -0.309. The summed E-state index contributed by atoms with van der Waals surface area (Å²) in [6, 6.07) is 4.44. The Kier molecular flexibility index (Phi) is 4.90. The van der Waals surface area contributed by atoms with Gasteiger partial charge in [-0.05, 0) is 49.4 Å². The highest BCUT2D eigenvalue weighted by Gasteiger charge is 2.22. The van der Waals surface area contributed by atoms with Crippen LogP contribution in [-0.4, -0.2) is 41.7 Å². The van der Waals surface area contributed by atoms with Gasteiger partial charge < -0.3 is 10.1 Å². The molecule has 2 aromatic heterocycles. The first-order chi connectivity index (χ1) is 10.7. The number of ether oxygens (including phenoxy) is 1. The molecule has 0 aromatic carbocycles. The number of hydrogen-bond donors (Lipinski definition) is 1. The SMILES string of the molecule is CCOC(=O)NC1CCCN(Cc2cnc3ccsc3c2)C1. The van der Waals surface area contributed by atoms with Gasteiger partial charge in [-0.3, -0.25) is 9.88 Å². The van der Waals surface area contributed by atoms with Gasteiger partial charge in [0, 0.05) is 25.3 Å². The number of nitrogens with zero attached hydrogens (tertiary/aromatic N) is 2. The van der Waals surface area contributed by atoms with Gasteiger partial charge in [0.25, 0.3) is 0 Å². The molecule has 0 radical (unpaired) electrons. The lowest BCUT2D eigenvalue weighted by atomic mass is 10.1. The number of carbonyl (C=O) groups excluding carboxylic acids is 1. The molecule has 1 amide bonds. The van der Waals surface area contributed by atoms with Crippen LogP contribution in [0.1, 0.15) is 25.3 Å². The molecule has 3 heterocycles. The van der Waals surface area contributed by atoms with Crippen molar-refractivity contribution in [2.24, 2.45) is 0 Å². The molecule has 0 bridgehead atoms. The standard InChI is InChI=1S/C16H21N3O2S/c1-2-21-16(20)18-13-4-3-6-19(11-13)10-12-8-15-14(17-9-12)5-7-22-15/h5,7-9,13H,2-4,6,10-11H2,1H3,(H,18,20). The molecule has 1 fully saturated rings. The van der Waals surface area contributed by atoms with Crippen molar-refractivity contribution in [1.82, 2.24) is 15.2 Å². The van der Waals surface area contributed by atoms with Gasteiger partial charge in [-0.1, -0.05) is 0 Å². The molecule has 0 aliphatic carbocycles. The number of rotatable bonds is 4. The number of thiophene rings is 1. The predicted octanol–water partition coefficient (Wildman–Crippen LogP) is 3.01. The molecule has 2 aromatic rings. The van der Waals surface area contributed by atoms with Crippen molar-refractivity contribution in [2.45, 2.75) is 32.4 Å². The van der Waals surface area contributed by atoms with E-state index in [-0.39, 0.29) is 12.1 Å². The van der Waals surface area contributed by atoms with Gasteiger partial charge in [0.2, 0.25) is 0 Å². The number of aromatic nitrogens is 1. The topological polar surface area (TPSA) is 54.5 Å². The summed E-state index contributed by atoms with van der Waals surface area (Å²) in [5, 5.41) is 5.02. The van der Waals surface area contributed by atoms with Crippen LogP contribution >= 0.6 is 11.3 Å². The highest BCUT2D eigenvalue weighted by atomic mass is 32.1. The fourth-order valence-electron chi connectivity index (χ4n) is 2.89. The Balaban J connectivity index is 1.58. The maximum Gasteiger partial charge on any atom is 0.407 e. The molecule has 6 heteroatoms. The molecule has 1 atom stereocenters. The van der Waals surface area contributed by atoms with Crippen LogP contribution in [-0.2, 0) is 11.3 Å². The summed E-state index contributed by atoms with van der Waals surface area (Å²) in [4.78, 5) is 18.4. The molecule has 5 nitrogen and oxygen atoms in total. The molecule has 1 aliphatic heterocycles. The van der Waals surface area contributed by atoms with Crippen molar-refractivity contribution in [3.63, 3.8) is 0 Å². The van der Waals surface area contributed by atoms with Gasteiger partial charge in [0.15, 0.2) is 0 Å². The van der Waals surface area contributed by atoms with Gasteiger partial charge >= 0.3 is 6.09 Å². The number of piperidine rings is 1. The smallest absolute Gasteiger partial charge is 0.407 e. The molecule has 1 aliphatic rings. The van der Waals surface area contributed by atoms with Crippen molar-refractivity contribution in [2.75, 3.05) is 19.7 Å². The number of nitrogens with one attached hydrogen (secondary N) is 1. The third-order valence-electron chi connectivity index (χ3n) is 3.87. The Morgan fingerprint density at radius 2 is 2.50 bits per heavy atom. The summed E-state index contributed by atoms with van der Waals surface area (Å²) in [6.45, 7) is 5.03. The molecule has 22 heavy (non-hydrogen) atoms. The first-order valence-corrected chi connectivity index (χ1v) is 8.60. The lowest BCUT2D eigenvalue weighted by molar-refractivity contribution is 0.132. The number of carbonyl (C=O) groups is 1. The van der Waals surface area contributed by atoms with Gasteiger partial charge in [0.05, 0.1) is 16.8 Å². The van der Waals surface area contributed by atoms with Crippen LogP contribution in [0.4, 0.5) is 4.79 Å². The monoisotopic (exact) mass is 319 g/mol. The van der Waals surface area contributed by atoms with Crippen molar-refractivity contribution < 1.29 is 9.53 Å². The summed E-state index contributed by atoms with van der Waals surface area (Å²) in [6.07, 6.45) is 3.75. The fourth-order valence-corrected chi connectivity index (χ4v) is 3.69. The van der Waals surface area contributed by atoms with Crippen LogP contribution in [0.5, 0.6) is 0 Å². The van der Waals surface area contributed by atoms with Gasteiger partial charge in [0.1, 0.15) is 0 Å². The van der Waals surface area contributed by atoms with E-state index in [0.717, 1.165) is 38.0 Å². The number of fused-ring (bicyclic) bond motifs is 1. The number of amides is 1. The van der Waals surface area contributed by atoms with Crippen LogP contribution in [0.15, 0.2) is 23.7 Å². The van der Waals surface area contributed by atoms with Gasteiger partial charge in [-0.25, -0.2) is 4.79 Å². The van der Waals surface area contributed by atoms with Crippen LogP contribution in [0.3, 0.4) is 0 Å². The average Bonchev–Trinajstić information content (AvgIpc) is 2.95. The van der Waals surface area contributed by atoms with Gasteiger partial charge in [-0.15, -0.1) is 11.3 Å². The minimum Gasteiger partial charge on any atom is -0.450 e. The summed E-state index contributed by atoms with van der Waals surface area (Å²) < 4.78 is 6.19. The summed E-state index contributed by atoms with van der Waals surface area (Å²) >= 11 is 1.72. The highest BCUT2D eigenvalue weighted by Crippen LogP contribution is 2.21. The van der Waals surface area contributed by atoms with Crippen molar-refractivity contribution >= 4 is 27.6 Å². The summed E-state index contributed by atoms with van der Waals surface area (Å²) in [5.74, 6) is 0. The van der Waals surface area contributed by atoms with E-state index in [4.69, 9.17) is 4.74 Å². The number of hydrogen-bond acceptors (Lipinski definition) is 5. The van der Waals surface area contributed by atoms with Crippen molar-refractivity contribution in [3.05, 3.63) is 29.3 Å². The van der Waals surface area contributed by atoms with E-state index in [0.29, 0.717) is 6.61 Å². The van der Waals surface area contributed by atoms with E-state index in [1.165, 1.54) is 10.3 Å². The Hall–Kier alpha value is -1.66. The maximum atomic E-state index is 11.5. The minimum absolute atomic E-state index is 0.172. The highest BCUT2D eigenvalue weighted by molar-refractivity contribution is 7.17. The second kappa shape index (κ2) is 7.07. The third kappa shape index (κ3) is 3.75. The molecule has 3 rings (SSSR count). The normalized spacial score (nSPS) is 19.2. The Labute approximate surface area is 134 Å². The molecular weight excluding hydrogens is 298 g/mol. The molecule has 0 spiro atoms. The zero-order chi connectivity index (χ0) is 15.4. The maximum absolute atomic E-state index is 11.5.